The van der Waals surface area contributed by atoms with Crippen LogP contribution in [0.1, 0.15) is 78.6 Å². The minimum Gasteiger partial charge on any atom is -0.299 e. The third-order valence-electron chi connectivity index (χ3n) is 5.31. The Kier molecular flexibility index (Phi) is 5.95. The summed E-state index contributed by atoms with van der Waals surface area (Å²) in [5, 5.41) is 2.91. The molecule has 0 unspecified atom stereocenters. The highest BCUT2D eigenvalue weighted by Crippen LogP contribution is 2.30. The van der Waals surface area contributed by atoms with Gasteiger partial charge in [-0.05, 0) is 31.4 Å². The number of carbonyl (C=O) groups excluding carboxylic acids is 2. The first-order valence-electron chi connectivity index (χ1n) is 9.84. The molecule has 3 nitrogen and oxygen atoms in total. The van der Waals surface area contributed by atoms with Crippen LogP contribution in [0.5, 0.6) is 0 Å². The van der Waals surface area contributed by atoms with E-state index in [2.05, 4.69) is 25.8 Å². The van der Waals surface area contributed by atoms with Crippen molar-refractivity contribution in [3.63, 3.8) is 0 Å². The molecule has 0 saturated heterocycles. The second-order valence-corrected chi connectivity index (χ2v) is 9.72. The average molecular weight is 384 g/mol. The van der Waals surface area contributed by atoms with Crippen LogP contribution in [0.15, 0.2) is 23.6 Å². The van der Waals surface area contributed by atoms with Gasteiger partial charge >= 0.3 is 0 Å². The van der Waals surface area contributed by atoms with Gasteiger partial charge in [0.2, 0.25) is 0 Å². The maximum atomic E-state index is 13.0. The SMILES string of the molecule is Cc1ccc(CC(=O)Cc2nc(C(C)(C)C)cs2)c(C(=O)C2CCCC2)c1. The molecule has 4 heteroatoms. The van der Waals surface area contributed by atoms with Crippen LogP contribution in [0.4, 0.5) is 0 Å². The summed E-state index contributed by atoms with van der Waals surface area (Å²) in [4.78, 5) is 30.3. The molecular formula is C23H29NO2S. The summed E-state index contributed by atoms with van der Waals surface area (Å²) < 4.78 is 0. The molecule has 0 atom stereocenters. The molecule has 1 aliphatic carbocycles. The fourth-order valence-corrected chi connectivity index (χ4v) is 4.71. The molecule has 1 fully saturated rings. The highest BCUT2D eigenvalue weighted by Gasteiger charge is 2.26. The molecule has 2 aromatic rings. The molecule has 1 saturated carbocycles. The van der Waals surface area contributed by atoms with Crippen molar-refractivity contribution in [1.29, 1.82) is 0 Å². The lowest BCUT2D eigenvalue weighted by molar-refractivity contribution is -0.117. The highest BCUT2D eigenvalue weighted by molar-refractivity contribution is 7.09. The number of hydrogen-bond acceptors (Lipinski definition) is 4. The Bertz CT molecular complexity index is 838. The number of hydrogen-bond donors (Lipinski definition) is 0. The number of benzene rings is 1. The number of ketones is 2. The summed E-state index contributed by atoms with van der Waals surface area (Å²) in [7, 11) is 0. The second kappa shape index (κ2) is 8.05. The maximum absolute atomic E-state index is 13.0. The minimum absolute atomic E-state index is 0.00434. The van der Waals surface area contributed by atoms with Crippen molar-refractivity contribution in [2.45, 2.75) is 71.6 Å². The van der Waals surface area contributed by atoms with Gasteiger partial charge in [-0.2, -0.15) is 0 Å². The van der Waals surface area contributed by atoms with Gasteiger partial charge in [0.1, 0.15) is 10.8 Å². The van der Waals surface area contributed by atoms with E-state index >= 15 is 0 Å². The predicted octanol–water partition coefficient (Wildman–Crippen LogP) is 5.48. The number of thiazole rings is 1. The van der Waals surface area contributed by atoms with E-state index in [0.717, 1.165) is 53.1 Å². The Hall–Kier alpha value is -1.81. The molecule has 3 rings (SSSR count). The molecule has 144 valence electrons. The van der Waals surface area contributed by atoms with E-state index in [1.54, 1.807) is 11.3 Å². The first-order valence-corrected chi connectivity index (χ1v) is 10.7. The number of Topliss-reactive ketones (excluding diaryl/α,β-unsaturated/α-hetero) is 2. The Labute approximate surface area is 166 Å². The number of nitrogens with zero attached hydrogens (tertiary/aromatic N) is 1. The fourth-order valence-electron chi connectivity index (χ4n) is 3.66. The molecule has 1 aliphatic rings. The third-order valence-corrected chi connectivity index (χ3v) is 6.16. The zero-order valence-electron chi connectivity index (χ0n) is 16.8. The van der Waals surface area contributed by atoms with Crippen LogP contribution >= 0.6 is 11.3 Å². The number of rotatable bonds is 6. The van der Waals surface area contributed by atoms with E-state index in [1.807, 2.05) is 30.5 Å². The van der Waals surface area contributed by atoms with Gasteiger partial charge in [0.15, 0.2) is 5.78 Å². The van der Waals surface area contributed by atoms with Gasteiger partial charge in [-0.3, -0.25) is 9.59 Å². The van der Waals surface area contributed by atoms with E-state index in [-0.39, 0.29) is 22.9 Å². The quantitative estimate of drug-likeness (QED) is 0.621. The van der Waals surface area contributed by atoms with Crippen LogP contribution in [-0.2, 0) is 23.1 Å². The standard InChI is InChI=1S/C23H29NO2S/c1-15-9-10-17(19(11-15)22(26)16-7-5-6-8-16)12-18(25)13-21-24-20(14-27-21)23(2,3)4/h9-11,14,16H,5-8,12-13H2,1-4H3. The Morgan fingerprint density at radius 3 is 2.48 bits per heavy atom. The molecule has 0 amide bonds. The monoisotopic (exact) mass is 383 g/mol. The summed E-state index contributed by atoms with van der Waals surface area (Å²) in [6.45, 7) is 8.38. The van der Waals surface area contributed by atoms with Crippen molar-refractivity contribution in [3.05, 3.63) is 51.0 Å². The Morgan fingerprint density at radius 2 is 1.85 bits per heavy atom. The third kappa shape index (κ3) is 4.92. The van der Waals surface area contributed by atoms with Crippen molar-refractivity contribution in [2.24, 2.45) is 5.92 Å². The van der Waals surface area contributed by atoms with E-state index in [9.17, 15) is 9.59 Å². The Balaban J connectivity index is 1.74. The van der Waals surface area contributed by atoms with Gasteiger partial charge in [0.05, 0.1) is 12.1 Å². The van der Waals surface area contributed by atoms with Gasteiger partial charge in [-0.15, -0.1) is 11.3 Å². The van der Waals surface area contributed by atoms with Gasteiger partial charge in [-0.1, -0.05) is 51.3 Å². The topological polar surface area (TPSA) is 47.0 Å². The fraction of sp³-hybridized carbons (Fsp3) is 0.522. The lowest BCUT2D eigenvalue weighted by Gasteiger charge is -2.14. The van der Waals surface area contributed by atoms with Crippen LogP contribution < -0.4 is 0 Å². The van der Waals surface area contributed by atoms with Crippen molar-refractivity contribution in [2.75, 3.05) is 0 Å². The summed E-state index contributed by atoms with van der Waals surface area (Å²) in [6, 6.07) is 5.91. The van der Waals surface area contributed by atoms with Crippen molar-refractivity contribution >= 4 is 22.9 Å². The largest absolute Gasteiger partial charge is 0.299 e. The molecule has 0 bridgehead atoms. The van der Waals surface area contributed by atoms with Gasteiger partial charge in [0, 0.05) is 28.7 Å². The maximum Gasteiger partial charge on any atom is 0.166 e. The lowest BCUT2D eigenvalue weighted by atomic mass is 9.90. The van der Waals surface area contributed by atoms with E-state index in [0.29, 0.717) is 12.8 Å². The van der Waals surface area contributed by atoms with Crippen LogP contribution in [0, 0.1) is 12.8 Å². The van der Waals surface area contributed by atoms with E-state index in [1.165, 1.54) is 0 Å². The second-order valence-electron chi connectivity index (χ2n) is 8.77. The Morgan fingerprint density at radius 1 is 1.15 bits per heavy atom. The molecular weight excluding hydrogens is 354 g/mol. The predicted molar refractivity (Wildman–Crippen MR) is 111 cm³/mol. The van der Waals surface area contributed by atoms with Gasteiger partial charge < -0.3 is 0 Å². The molecule has 1 aromatic heterocycles. The van der Waals surface area contributed by atoms with Crippen LogP contribution in [0.25, 0.3) is 0 Å². The van der Waals surface area contributed by atoms with Gasteiger partial charge in [-0.25, -0.2) is 4.98 Å². The van der Waals surface area contributed by atoms with Crippen molar-refractivity contribution < 1.29 is 9.59 Å². The molecule has 0 aliphatic heterocycles. The highest BCUT2D eigenvalue weighted by atomic mass is 32.1. The zero-order chi connectivity index (χ0) is 19.6. The molecule has 1 heterocycles. The minimum atomic E-state index is -0.00434. The normalized spacial score (nSPS) is 15.3. The molecule has 27 heavy (non-hydrogen) atoms. The summed E-state index contributed by atoms with van der Waals surface area (Å²) in [5.41, 5.74) is 3.72. The molecule has 0 N–H and O–H groups in total. The molecule has 1 aromatic carbocycles. The average Bonchev–Trinajstić information content (AvgIpc) is 3.27. The summed E-state index contributed by atoms with van der Waals surface area (Å²) >= 11 is 1.55. The van der Waals surface area contributed by atoms with Crippen LogP contribution in [-0.4, -0.2) is 16.6 Å². The number of aryl methyl sites for hydroxylation is 1. The van der Waals surface area contributed by atoms with Crippen LogP contribution in [0.2, 0.25) is 0 Å². The van der Waals surface area contributed by atoms with Gasteiger partial charge in [0.25, 0.3) is 0 Å². The zero-order valence-corrected chi connectivity index (χ0v) is 17.6. The molecule has 0 spiro atoms. The van der Waals surface area contributed by atoms with Crippen LogP contribution in [0.3, 0.4) is 0 Å². The summed E-state index contributed by atoms with van der Waals surface area (Å²) in [6.07, 6.45) is 4.88. The lowest BCUT2D eigenvalue weighted by Crippen LogP contribution is -2.16. The smallest absolute Gasteiger partial charge is 0.166 e. The molecule has 0 radical (unpaired) electrons. The first-order chi connectivity index (χ1) is 12.7. The number of aromatic nitrogens is 1. The number of carbonyl (C=O) groups is 2. The van der Waals surface area contributed by atoms with E-state index < -0.39 is 0 Å². The van der Waals surface area contributed by atoms with Crippen molar-refractivity contribution in [1.82, 2.24) is 4.98 Å². The first kappa shape index (κ1) is 19.9. The van der Waals surface area contributed by atoms with E-state index in [4.69, 9.17) is 0 Å². The summed E-state index contributed by atoms with van der Waals surface area (Å²) in [5.74, 6) is 0.478. The van der Waals surface area contributed by atoms with Crippen molar-refractivity contribution in [3.8, 4) is 0 Å².